The van der Waals surface area contributed by atoms with E-state index in [9.17, 15) is 19.1 Å². The number of carbonyl (C=O) groups is 2. The average Bonchev–Trinajstić information content (AvgIpc) is 3.11. The maximum absolute atomic E-state index is 14.4. The molecule has 0 bridgehead atoms. The van der Waals surface area contributed by atoms with E-state index >= 15 is 0 Å². The Kier molecular flexibility index (Phi) is 4.11. The number of aromatic nitrogens is 1. The molecule has 2 heterocycles. The Hall–Kier alpha value is -3.67. The molecule has 0 saturated heterocycles. The zero-order valence-corrected chi connectivity index (χ0v) is 15.3. The minimum Gasteiger partial charge on any atom is -0.464 e. The second-order valence-corrected chi connectivity index (χ2v) is 6.69. The lowest BCUT2D eigenvalue weighted by molar-refractivity contribution is -0.110. The predicted octanol–water partition coefficient (Wildman–Crippen LogP) is 4.93. The van der Waals surface area contributed by atoms with E-state index in [4.69, 9.17) is 0 Å². The number of fused-ring (bicyclic) bond motifs is 1. The number of nitrogens with zero attached hydrogens (tertiary/aromatic N) is 1. The van der Waals surface area contributed by atoms with Gasteiger partial charge in [-0.15, -0.1) is 0 Å². The molecule has 1 aromatic heterocycles. The van der Waals surface area contributed by atoms with Gasteiger partial charge in [0.1, 0.15) is 5.82 Å². The Balaban J connectivity index is 1.98. The maximum atomic E-state index is 14.4. The summed E-state index contributed by atoms with van der Waals surface area (Å²) in [5.74, 6) is -0.746. The Morgan fingerprint density at radius 2 is 1.82 bits per heavy atom. The molecule has 0 radical (unpaired) electrons. The van der Waals surface area contributed by atoms with Gasteiger partial charge in [-0.1, -0.05) is 30.3 Å². The van der Waals surface area contributed by atoms with Crippen molar-refractivity contribution < 1.29 is 19.1 Å². The quantitative estimate of drug-likeness (QED) is 0.623. The van der Waals surface area contributed by atoms with Crippen LogP contribution in [0.4, 0.5) is 14.9 Å². The first kappa shape index (κ1) is 17.7. The molecule has 0 atom stereocenters. The number of halogens is 1. The highest BCUT2D eigenvalue weighted by Gasteiger charge is 2.29. The molecule has 28 heavy (non-hydrogen) atoms. The molecule has 3 aromatic rings. The number of carboxylic acid groups (broad SMARTS) is 1. The first-order valence-electron chi connectivity index (χ1n) is 8.72. The van der Waals surface area contributed by atoms with E-state index in [-0.39, 0.29) is 5.91 Å². The highest BCUT2D eigenvalue weighted by Crippen LogP contribution is 2.41. The fourth-order valence-electron chi connectivity index (χ4n) is 3.68. The molecule has 4 rings (SSSR count). The smallest absolute Gasteiger partial charge is 0.416 e. The molecule has 1 aliphatic heterocycles. The van der Waals surface area contributed by atoms with Gasteiger partial charge in [0.15, 0.2) is 0 Å². The Bertz CT molecular complexity index is 1170. The van der Waals surface area contributed by atoms with Gasteiger partial charge in [-0.05, 0) is 49.2 Å². The van der Waals surface area contributed by atoms with Crippen molar-refractivity contribution >= 4 is 29.3 Å². The maximum Gasteiger partial charge on any atom is 0.416 e. The third-order valence-electron chi connectivity index (χ3n) is 4.89. The monoisotopic (exact) mass is 376 g/mol. The van der Waals surface area contributed by atoms with Gasteiger partial charge < -0.3 is 10.4 Å². The molecule has 2 N–H and O–H groups in total. The number of hydrogen-bond donors (Lipinski definition) is 2. The van der Waals surface area contributed by atoms with E-state index in [0.717, 1.165) is 10.1 Å². The fourth-order valence-corrected chi connectivity index (χ4v) is 3.68. The Labute approximate surface area is 160 Å². The van der Waals surface area contributed by atoms with Crippen LogP contribution in [-0.2, 0) is 4.79 Å². The number of amides is 1. The van der Waals surface area contributed by atoms with Crippen LogP contribution < -0.4 is 5.32 Å². The number of anilines is 1. The molecule has 0 aliphatic carbocycles. The molecule has 6 heteroatoms. The second-order valence-electron chi connectivity index (χ2n) is 6.69. The summed E-state index contributed by atoms with van der Waals surface area (Å²) >= 11 is 0. The van der Waals surface area contributed by atoms with Gasteiger partial charge >= 0.3 is 6.09 Å². The molecule has 0 fully saturated rings. The van der Waals surface area contributed by atoms with Gasteiger partial charge in [0.25, 0.3) is 5.91 Å². The zero-order chi connectivity index (χ0) is 20.0. The molecule has 5 nitrogen and oxygen atoms in total. The van der Waals surface area contributed by atoms with Crippen LogP contribution in [0.3, 0.4) is 0 Å². The first-order chi connectivity index (χ1) is 13.4. The standard InChI is InChI=1S/C22H17FN2O3/c1-12-10-13(2)25(22(27)28)19(12)11-16-20-15(14-6-3-4-8-17(14)23)7-5-9-18(20)24-21(16)26/h3-11H,1-2H3,(H,24,26)(H,27,28). The minimum absolute atomic E-state index is 0.303. The lowest BCUT2D eigenvalue weighted by Gasteiger charge is -2.10. The summed E-state index contributed by atoms with van der Waals surface area (Å²) in [6, 6.07) is 13.3. The van der Waals surface area contributed by atoms with Crippen molar-refractivity contribution in [1.29, 1.82) is 0 Å². The summed E-state index contributed by atoms with van der Waals surface area (Å²) < 4.78 is 15.6. The van der Waals surface area contributed by atoms with Gasteiger partial charge in [-0.25, -0.2) is 9.18 Å². The summed E-state index contributed by atoms with van der Waals surface area (Å²) in [4.78, 5) is 24.3. The summed E-state index contributed by atoms with van der Waals surface area (Å²) in [5, 5.41) is 12.3. The highest BCUT2D eigenvalue weighted by atomic mass is 19.1. The second kappa shape index (κ2) is 6.49. The van der Waals surface area contributed by atoms with E-state index in [2.05, 4.69) is 5.32 Å². The summed E-state index contributed by atoms with van der Waals surface area (Å²) in [6.07, 6.45) is 0.431. The van der Waals surface area contributed by atoms with Crippen molar-refractivity contribution in [2.24, 2.45) is 0 Å². The number of hydrogen-bond acceptors (Lipinski definition) is 2. The molecule has 1 aliphatic rings. The molecule has 140 valence electrons. The largest absolute Gasteiger partial charge is 0.464 e. The SMILES string of the molecule is Cc1cc(C)n(C(=O)O)c1C=C1C(=O)Nc2cccc(-c3ccccc3F)c21. The number of nitrogens with one attached hydrogen (secondary N) is 1. The van der Waals surface area contributed by atoms with Crippen LogP contribution in [-0.4, -0.2) is 21.7 Å². The summed E-state index contributed by atoms with van der Waals surface area (Å²) in [6.45, 7) is 3.48. The lowest BCUT2D eigenvalue weighted by Crippen LogP contribution is -2.12. The van der Waals surface area contributed by atoms with E-state index in [0.29, 0.717) is 39.3 Å². The number of carbonyl (C=O) groups excluding carboxylic acids is 1. The predicted molar refractivity (Wildman–Crippen MR) is 106 cm³/mol. The topological polar surface area (TPSA) is 71.3 Å². The normalized spacial score (nSPS) is 14.2. The molecular formula is C22H17FN2O3. The third-order valence-corrected chi connectivity index (χ3v) is 4.89. The third kappa shape index (κ3) is 2.70. The van der Waals surface area contributed by atoms with Crippen LogP contribution in [0.5, 0.6) is 0 Å². The summed E-state index contributed by atoms with van der Waals surface area (Å²) in [5.41, 5.74) is 4.08. The van der Waals surface area contributed by atoms with Crippen molar-refractivity contribution in [3.8, 4) is 11.1 Å². The number of aryl methyl sites for hydroxylation is 2. The first-order valence-corrected chi connectivity index (χ1v) is 8.72. The van der Waals surface area contributed by atoms with E-state index in [1.54, 1.807) is 62.4 Å². The van der Waals surface area contributed by atoms with Crippen LogP contribution in [0.25, 0.3) is 22.8 Å². The molecular weight excluding hydrogens is 359 g/mol. The van der Waals surface area contributed by atoms with Crippen LogP contribution in [0.2, 0.25) is 0 Å². The van der Waals surface area contributed by atoms with Crippen LogP contribution in [0.1, 0.15) is 22.5 Å². The van der Waals surface area contributed by atoms with Crippen molar-refractivity contribution in [2.75, 3.05) is 5.32 Å². The van der Waals surface area contributed by atoms with Gasteiger partial charge in [0.2, 0.25) is 0 Å². The fraction of sp³-hybridized carbons (Fsp3) is 0.0909. The Morgan fingerprint density at radius 3 is 2.54 bits per heavy atom. The van der Waals surface area contributed by atoms with Crippen LogP contribution >= 0.6 is 0 Å². The molecule has 0 unspecified atom stereocenters. The van der Waals surface area contributed by atoms with E-state index in [1.165, 1.54) is 6.07 Å². The van der Waals surface area contributed by atoms with Gasteiger partial charge in [-0.2, -0.15) is 0 Å². The average molecular weight is 376 g/mol. The van der Waals surface area contributed by atoms with E-state index < -0.39 is 11.9 Å². The van der Waals surface area contributed by atoms with Crippen LogP contribution in [0.15, 0.2) is 48.5 Å². The van der Waals surface area contributed by atoms with Crippen molar-refractivity contribution in [3.63, 3.8) is 0 Å². The van der Waals surface area contributed by atoms with Gasteiger partial charge in [0.05, 0.1) is 11.3 Å². The molecule has 1 amide bonds. The van der Waals surface area contributed by atoms with Gasteiger partial charge in [-0.3, -0.25) is 9.36 Å². The van der Waals surface area contributed by atoms with Gasteiger partial charge in [0, 0.05) is 22.5 Å². The number of rotatable bonds is 2. The van der Waals surface area contributed by atoms with Crippen molar-refractivity contribution in [3.05, 3.63) is 76.9 Å². The van der Waals surface area contributed by atoms with E-state index in [1.807, 2.05) is 0 Å². The van der Waals surface area contributed by atoms with Crippen LogP contribution in [0, 0.1) is 19.7 Å². The number of benzene rings is 2. The lowest BCUT2D eigenvalue weighted by atomic mass is 9.94. The van der Waals surface area contributed by atoms with Crippen molar-refractivity contribution in [2.45, 2.75) is 13.8 Å². The molecule has 2 aromatic carbocycles. The molecule has 0 spiro atoms. The summed E-state index contributed by atoms with van der Waals surface area (Å²) in [7, 11) is 0. The Morgan fingerprint density at radius 1 is 1.11 bits per heavy atom. The zero-order valence-electron chi connectivity index (χ0n) is 15.3. The molecule has 0 saturated carbocycles. The minimum atomic E-state index is -1.13. The van der Waals surface area contributed by atoms with Crippen molar-refractivity contribution in [1.82, 2.24) is 4.57 Å². The highest BCUT2D eigenvalue weighted by molar-refractivity contribution is 6.36.